The molecule has 0 bridgehead atoms. The van der Waals surface area contributed by atoms with Crippen molar-refractivity contribution in [3.8, 4) is 0 Å². The van der Waals surface area contributed by atoms with Crippen molar-refractivity contribution in [1.29, 1.82) is 0 Å². The van der Waals surface area contributed by atoms with Gasteiger partial charge in [0, 0.05) is 24.2 Å². The molecule has 2 aromatic carbocycles. The van der Waals surface area contributed by atoms with Gasteiger partial charge in [-0.15, -0.1) is 0 Å². The maximum Gasteiger partial charge on any atom is 0.0596 e. The zero-order chi connectivity index (χ0) is 13.2. The highest BCUT2D eigenvalue weighted by Crippen LogP contribution is 2.34. The standard InChI is InChI=1S/C16H15ClN2/c1-19-16-8-7-13(17)11-15(16)14(9-10-18-19)12-5-3-2-4-6-12/h2-9,11,18H,10H2,1H3. The Morgan fingerprint density at radius 2 is 1.89 bits per heavy atom. The van der Waals surface area contributed by atoms with Gasteiger partial charge >= 0.3 is 0 Å². The van der Waals surface area contributed by atoms with Gasteiger partial charge in [-0.25, -0.2) is 5.43 Å². The Hall–Kier alpha value is -1.77. The van der Waals surface area contributed by atoms with Crippen LogP contribution >= 0.6 is 11.6 Å². The van der Waals surface area contributed by atoms with Crippen molar-refractivity contribution in [3.05, 3.63) is 70.8 Å². The summed E-state index contributed by atoms with van der Waals surface area (Å²) in [5.74, 6) is 0. The lowest BCUT2D eigenvalue weighted by Gasteiger charge is -2.21. The summed E-state index contributed by atoms with van der Waals surface area (Å²) < 4.78 is 0. The Morgan fingerprint density at radius 3 is 2.68 bits per heavy atom. The van der Waals surface area contributed by atoms with Gasteiger partial charge in [0.05, 0.1) is 5.69 Å². The molecule has 0 radical (unpaired) electrons. The molecule has 2 nitrogen and oxygen atoms in total. The number of benzene rings is 2. The Morgan fingerprint density at radius 1 is 1.11 bits per heavy atom. The van der Waals surface area contributed by atoms with Crippen molar-refractivity contribution in [2.45, 2.75) is 0 Å². The van der Waals surface area contributed by atoms with Crippen LogP contribution in [-0.4, -0.2) is 13.6 Å². The molecule has 0 amide bonds. The van der Waals surface area contributed by atoms with Gasteiger partial charge in [-0.2, -0.15) is 0 Å². The van der Waals surface area contributed by atoms with Gasteiger partial charge in [0.15, 0.2) is 0 Å². The quantitative estimate of drug-likeness (QED) is 0.850. The number of hydrogen-bond donors (Lipinski definition) is 1. The van der Waals surface area contributed by atoms with E-state index in [0.717, 1.165) is 22.8 Å². The first-order valence-corrected chi connectivity index (χ1v) is 6.66. The first-order chi connectivity index (χ1) is 9.25. The summed E-state index contributed by atoms with van der Waals surface area (Å²) in [7, 11) is 2.02. The van der Waals surface area contributed by atoms with E-state index in [2.05, 4.69) is 35.8 Å². The molecule has 1 aliphatic rings. The third-order valence-corrected chi connectivity index (χ3v) is 3.56. The monoisotopic (exact) mass is 270 g/mol. The van der Waals surface area contributed by atoms with E-state index in [-0.39, 0.29) is 0 Å². The van der Waals surface area contributed by atoms with E-state index >= 15 is 0 Å². The van der Waals surface area contributed by atoms with Crippen molar-refractivity contribution in [1.82, 2.24) is 5.43 Å². The highest BCUT2D eigenvalue weighted by Gasteiger charge is 2.16. The van der Waals surface area contributed by atoms with E-state index in [0.29, 0.717) is 0 Å². The van der Waals surface area contributed by atoms with E-state index in [4.69, 9.17) is 11.6 Å². The molecule has 1 heterocycles. The number of rotatable bonds is 1. The summed E-state index contributed by atoms with van der Waals surface area (Å²) in [6.45, 7) is 0.799. The van der Waals surface area contributed by atoms with Crippen LogP contribution in [0.3, 0.4) is 0 Å². The molecule has 0 aromatic heterocycles. The summed E-state index contributed by atoms with van der Waals surface area (Å²) in [6, 6.07) is 16.4. The van der Waals surface area contributed by atoms with Crippen molar-refractivity contribution >= 4 is 22.9 Å². The lowest BCUT2D eigenvalue weighted by atomic mass is 9.96. The van der Waals surface area contributed by atoms with Crippen LogP contribution in [0.4, 0.5) is 5.69 Å². The van der Waals surface area contributed by atoms with Crippen molar-refractivity contribution in [3.63, 3.8) is 0 Å². The van der Waals surface area contributed by atoms with Gasteiger partial charge in [0.1, 0.15) is 0 Å². The van der Waals surface area contributed by atoms with Gasteiger partial charge in [-0.3, -0.25) is 0 Å². The molecular formula is C16H15ClN2. The second kappa shape index (κ2) is 5.08. The Kier molecular flexibility index (Phi) is 3.28. The average molecular weight is 271 g/mol. The second-order valence-electron chi connectivity index (χ2n) is 4.57. The first-order valence-electron chi connectivity index (χ1n) is 6.28. The van der Waals surface area contributed by atoms with Crippen LogP contribution in [0.2, 0.25) is 5.02 Å². The summed E-state index contributed by atoms with van der Waals surface area (Å²) in [5, 5.41) is 2.80. The van der Waals surface area contributed by atoms with Gasteiger partial charge < -0.3 is 5.01 Å². The van der Waals surface area contributed by atoms with Crippen LogP contribution in [0.15, 0.2) is 54.6 Å². The molecule has 0 saturated carbocycles. The number of anilines is 1. The molecule has 1 N–H and O–H groups in total. The second-order valence-corrected chi connectivity index (χ2v) is 5.00. The zero-order valence-corrected chi connectivity index (χ0v) is 11.5. The largest absolute Gasteiger partial charge is 0.311 e. The third kappa shape index (κ3) is 2.37. The Bertz CT molecular complexity index is 620. The van der Waals surface area contributed by atoms with Crippen LogP contribution in [-0.2, 0) is 0 Å². The molecule has 0 aliphatic carbocycles. The van der Waals surface area contributed by atoms with E-state index in [1.54, 1.807) is 0 Å². The zero-order valence-electron chi connectivity index (χ0n) is 10.7. The number of nitrogens with zero attached hydrogens (tertiary/aromatic N) is 1. The predicted molar refractivity (Wildman–Crippen MR) is 81.4 cm³/mol. The van der Waals surface area contributed by atoms with E-state index in [1.165, 1.54) is 11.1 Å². The van der Waals surface area contributed by atoms with Gasteiger partial charge in [-0.05, 0) is 29.3 Å². The number of fused-ring (bicyclic) bond motifs is 1. The third-order valence-electron chi connectivity index (χ3n) is 3.33. The molecule has 0 unspecified atom stereocenters. The normalized spacial score (nSPS) is 14.6. The number of hydrazine groups is 1. The highest BCUT2D eigenvalue weighted by molar-refractivity contribution is 6.31. The number of halogens is 1. The molecule has 1 aliphatic heterocycles. The Labute approximate surface area is 118 Å². The molecule has 0 spiro atoms. The number of hydrogen-bond acceptors (Lipinski definition) is 2. The van der Waals surface area contributed by atoms with Crippen molar-refractivity contribution < 1.29 is 0 Å². The molecule has 3 heteroatoms. The minimum absolute atomic E-state index is 0.760. The van der Waals surface area contributed by atoms with E-state index in [9.17, 15) is 0 Å². The van der Waals surface area contributed by atoms with Crippen LogP contribution in [0.5, 0.6) is 0 Å². The van der Waals surface area contributed by atoms with Crippen LogP contribution in [0.1, 0.15) is 11.1 Å². The SMILES string of the molecule is CN1NCC=C(c2ccccc2)c2cc(Cl)ccc21. The van der Waals surface area contributed by atoms with Gasteiger partial charge in [-0.1, -0.05) is 48.0 Å². The fourth-order valence-corrected chi connectivity index (χ4v) is 2.56. The molecule has 0 atom stereocenters. The van der Waals surface area contributed by atoms with Crippen molar-refractivity contribution in [2.75, 3.05) is 18.6 Å². The Balaban J connectivity index is 2.18. The van der Waals surface area contributed by atoms with Crippen LogP contribution < -0.4 is 10.4 Å². The van der Waals surface area contributed by atoms with Crippen molar-refractivity contribution in [2.24, 2.45) is 0 Å². The molecule has 2 aromatic rings. The maximum atomic E-state index is 6.16. The minimum atomic E-state index is 0.760. The van der Waals surface area contributed by atoms with Crippen LogP contribution in [0, 0.1) is 0 Å². The van der Waals surface area contributed by atoms with Crippen LogP contribution in [0.25, 0.3) is 5.57 Å². The molecule has 0 fully saturated rings. The fraction of sp³-hybridized carbons (Fsp3) is 0.125. The highest BCUT2D eigenvalue weighted by atomic mass is 35.5. The molecule has 3 rings (SSSR count). The van der Waals surface area contributed by atoms with Gasteiger partial charge in [0.25, 0.3) is 0 Å². The summed E-state index contributed by atoms with van der Waals surface area (Å²) >= 11 is 6.16. The molecule has 0 saturated heterocycles. The summed E-state index contributed by atoms with van der Waals surface area (Å²) in [5.41, 5.74) is 8.06. The lowest BCUT2D eigenvalue weighted by molar-refractivity contribution is 0.744. The van der Waals surface area contributed by atoms with Gasteiger partial charge in [0.2, 0.25) is 0 Å². The number of nitrogens with one attached hydrogen (secondary N) is 1. The average Bonchev–Trinajstić information content (AvgIpc) is 2.59. The summed E-state index contributed by atoms with van der Waals surface area (Å²) in [6.07, 6.45) is 2.20. The van der Waals surface area contributed by atoms with E-state index < -0.39 is 0 Å². The summed E-state index contributed by atoms with van der Waals surface area (Å²) in [4.78, 5) is 0. The molecule has 19 heavy (non-hydrogen) atoms. The lowest BCUT2D eigenvalue weighted by Crippen LogP contribution is -2.33. The fourth-order valence-electron chi connectivity index (χ4n) is 2.39. The maximum absolute atomic E-state index is 6.16. The predicted octanol–water partition coefficient (Wildman–Crippen LogP) is 3.73. The minimum Gasteiger partial charge on any atom is -0.311 e. The molecule has 96 valence electrons. The van der Waals surface area contributed by atoms with E-state index in [1.807, 2.05) is 36.3 Å². The molecular weight excluding hydrogens is 256 g/mol. The smallest absolute Gasteiger partial charge is 0.0596 e. The first kappa shape index (κ1) is 12.3. The topological polar surface area (TPSA) is 15.3 Å².